The molecule has 0 radical (unpaired) electrons. The third-order valence-corrected chi connectivity index (χ3v) is 2.83. The summed E-state index contributed by atoms with van der Waals surface area (Å²) < 4.78 is 0. The number of nitrogens with two attached hydrogens (primary N) is 1. The van der Waals surface area contributed by atoms with E-state index in [2.05, 4.69) is 33.9 Å². The fourth-order valence-corrected chi connectivity index (χ4v) is 1.67. The molecule has 1 aromatic carbocycles. The summed E-state index contributed by atoms with van der Waals surface area (Å²) in [4.78, 5) is 13.2. The number of benzene rings is 1. The zero-order valence-electron chi connectivity index (χ0n) is 11.1. The van der Waals surface area contributed by atoms with Crippen LogP contribution < -0.4 is 10.6 Å². The summed E-state index contributed by atoms with van der Waals surface area (Å²) in [6, 6.07) is 5.59. The SMILES string of the molecule is CN(C)CCN(C)c1cnc2cc(N)ccc2n1. The molecule has 0 bridgehead atoms. The number of rotatable bonds is 4. The molecule has 0 saturated carbocycles. The van der Waals surface area contributed by atoms with Crippen LogP contribution in [0.4, 0.5) is 11.5 Å². The largest absolute Gasteiger partial charge is 0.399 e. The molecule has 0 amide bonds. The van der Waals surface area contributed by atoms with E-state index in [-0.39, 0.29) is 0 Å². The Balaban J connectivity index is 2.21. The maximum Gasteiger partial charge on any atom is 0.147 e. The van der Waals surface area contributed by atoms with Crippen LogP contribution in [0, 0.1) is 0 Å². The first-order valence-electron chi connectivity index (χ1n) is 5.94. The zero-order valence-corrected chi connectivity index (χ0v) is 11.1. The summed E-state index contributed by atoms with van der Waals surface area (Å²) in [6.45, 7) is 1.90. The van der Waals surface area contributed by atoms with Gasteiger partial charge in [0.2, 0.25) is 0 Å². The maximum atomic E-state index is 5.72. The van der Waals surface area contributed by atoms with E-state index < -0.39 is 0 Å². The van der Waals surface area contributed by atoms with E-state index in [9.17, 15) is 0 Å². The van der Waals surface area contributed by atoms with Gasteiger partial charge in [-0.15, -0.1) is 0 Å². The Hall–Kier alpha value is -1.88. The summed E-state index contributed by atoms with van der Waals surface area (Å²) in [6.07, 6.45) is 1.79. The van der Waals surface area contributed by atoms with Crippen LogP contribution in [0.5, 0.6) is 0 Å². The summed E-state index contributed by atoms with van der Waals surface area (Å²) in [5.74, 6) is 0.883. The van der Waals surface area contributed by atoms with Crippen LogP contribution in [0.25, 0.3) is 11.0 Å². The quantitative estimate of drug-likeness (QED) is 0.820. The van der Waals surface area contributed by atoms with Gasteiger partial charge in [-0.2, -0.15) is 0 Å². The number of nitrogen functional groups attached to an aromatic ring is 1. The van der Waals surface area contributed by atoms with Gasteiger partial charge >= 0.3 is 0 Å². The molecular weight excluding hydrogens is 226 g/mol. The van der Waals surface area contributed by atoms with Crippen LogP contribution >= 0.6 is 0 Å². The van der Waals surface area contributed by atoms with Crippen molar-refractivity contribution >= 4 is 22.5 Å². The number of likely N-dealkylation sites (N-methyl/N-ethyl adjacent to an activating group) is 2. The van der Waals surface area contributed by atoms with Gasteiger partial charge in [-0.05, 0) is 32.3 Å². The Labute approximate surface area is 107 Å². The Morgan fingerprint density at radius 1 is 1.11 bits per heavy atom. The highest BCUT2D eigenvalue weighted by Crippen LogP contribution is 2.16. The van der Waals surface area contributed by atoms with E-state index >= 15 is 0 Å². The van der Waals surface area contributed by atoms with E-state index in [1.165, 1.54) is 0 Å². The van der Waals surface area contributed by atoms with Crippen molar-refractivity contribution in [3.8, 4) is 0 Å². The summed E-state index contributed by atoms with van der Waals surface area (Å²) >= 11 is 0. The number of anilines is 2. The van der Waals surface area contributed by atoms with Crippen molar-refractivity contribution in [2.75, 3.05) is 44.9 Å². The van der Waals surface area contributed by atoms with Gasteiger partial charge in [-0.1, -0.05) is 0 Å². The first-order valence-corrected chi connectivity index (χ1v) is 5.94. The minimum atomic E-state index is 0.713. The van der Waals surface area contributed by atoms with E-state index in [0.717, 1.165) is 29.9 Å². The van der Waals surface area contributed by atoms with Gasteiger partial charge in [0, 0.05) is 25.8 Å². The highest BCUT2D eigenvalue weighted by Gasteiger charge is 2.05. The predicted molar refractivity (Wildman–Crippen MR) is 75.8 cm³/mol. The fourth-order valence-electron chi connectivity index (χ4n) is 1.67. The first kappa shape index (κ1) is 12.6. The Morgan fingerprint density at radius 2 is 1.89 bits per heavy atom. The lowest BCUT2D eigenvalue weighted by Gasteiger charge is -2.20. The molecule has 0 aliphatic rings. The van der Waals surface area contributed by atoms with Gasteiger partial charge < -0.3 is 15.5 Å². The van der Waals surface area contributed by atoms with Crippen molar-refractivity contribution in [1.29, 1.82) is 0 Å². The van der Waals surface area contributed by atoms with Gasteiger partial charge in [0.05, 0.1) is 17.2 Å². The summed E-state index contributed by atoms with van der Waals surface area (Å²) in [7, 11) is 6.14. The van der Waals surface area contributed by atoms with Crippen molar-refractivity contribution in [3.63, 3.8) is 0 Å². The Morgan fingerprint density at radius 3 is 2.61 bits per heavy atom. The van der Waals surface area contributed by atoms with Crippen molar-refractivity contribution in [2.24, 2.45) is 0 Å². The molecule has 18 heavy (non-hydrogen) atoms. The molecule has 0 unspecified atom stereocenters. The standard InChI is InChI=1S/C13H19N5/c1-17(2)6-7-18(3)13-9-15-12-8-10(14)4-5-11(12)16-13/h4-5,8-9H,6-7,14H2,1-3H3. The van der Waals surface area contributed by atoms with Gasteiger partial charge in [0.15, 0.2) is 0 Å². The number of aromatic nitrogens is 2. The van der Waals surface area contributed by atoms with E-state index in [4.69, 9.17) is 5.73 Å². The molecule has 2 aromatic rings. The summed E-state index contributed by atoms with van der Waals surface area (Å²) in [5.41, 5.74) is 8.14. The van der Waals surface area contributed by atoms with Gasteiger partial charge in [0.1, 0.15) is 5.82 Å². The van der Waals surface area contributed by atoms with Crippen LogP contribution in [-0.4, -0.2) is 49.1 Å². The molecule has 0 atom stereocenters. The molecule has 1 heterocycles. The minimum absolute atomic E-state index is 0.713. The number of hydrogen-bond donors (Lipinski definition) is 1. The first-order chi connectivity index (χ1) is 8.56. The van der Waals surface area contributed by atoms with Crippen LogP contribution in [0.2, 0.25) is 0 Å². The van der Waals surface area contributed by atoms with Crippen LogP contribution in [0.3, 0.4) is 0 Å². The number of nitrogens with zero attached hydrogens (tertiary/aromatic N) is 4. The second-order valence-electron chi connectivity index (χ2n) is 4.70. The molecule has 0 aliphatic carbocycles. The van der Waals surface area contributed by atoms with Crippen molar-refractivity contribution in [1.82, 2.24) is 14.9 Å². The minimum Gasteiger partial charge on any atom is -0.399 e. The van der Waals surface area contributed by atoms with Crippen LogP contribution in [-0.2, 0) is 0 Å². The predicted octanol–water partition coefficient (Wildman–Crippen LogP) is 1.21. The average molecular weight is 245 g/mol. The second kappa shape index (κ2) is 5.18. The lowest BCUT2D eigenvalue weighted by Crippen LogP contribution is -2.29. The highest BCUT2D eigenvalue weighted by molar-refractivity contribution is 5.79. The molecule has 0 fully saturated rings. The van der Waals surface area contributed by atoms with E-state index in [1.807, 2.05) is 25.2 Å². The smallest absolute Gasteiger partial charge is 0.147 e. The molecule has 0 saturated heterocycles. The van der Waals surface area contributed by atoms with E-state index in [0.29, 0.717) is 5.69 Å². The third-order valence-electron chi connectivity index (χ3n) is 2.83. The Kier molecular flexibility index (Phi) is 3.62. The molecule has 2 N–H and O–H groups in total. The molecule has 2 rings (SSSR count). The lowest BCUT2D eigenvalue weighted by atomic mass is 10.2. The van der Waals surface area contributed by atoms with Gasteiger partial charge in [-0.3, -0.25) is 4.98 Å². The molecule has 0 spiro atoms. The van der Waals surface area contributed by atoms with E-state index in [1.54, 1.807) is 6.20 Å². The molecule has 1 aromatic heterocycles. The number of fused-ring (bicyclic) bond motifs is 1. The van der Waals surface area contributed by atoms with Crippen LogP contribution in [0.1, 0.15) is 0 Å². The van der Waals surface area contributed by atoms with Crippen molar-refractivity contribution in [2.45, 2.75) is 0 Å². The molecule has 0 aliphatic heterocycles. The second-order valence-corrected chi connectivity index (χ2v) is 4.70. The maximum absolute atomic E-state index is 5.72. The van der Waals surface area contributed by atoms with Crippen molar-refractivity contribution in [3.05, 3.63) is 24.4 Å². The van der Waals surface area contributed by atoms with Gasteiger partial charge in [-0.25, -0.2) is 4.98 Å². The average Bonchev–Trinajstić information content (AvgIpc) is 2.35. The number of hydrogen-bond acceptors (Lipinski definition) is 5. The lowest BCUT2D eigenvalue weighted by molar-refractivity contribution is 0.416. The topological polar surface area (TPSA) is 58.3 Å². The van der Waals surface area contributed by atoms with Crippen molar-refractivity contribution < 1.29 is 0 Å². The highest BCUT2D eigenvalue weighted by atomic mass is 15.2. The zero-order chi connectivity index (χ0) is 13.1. The normalized spacial score (nSPS) is 11.1. The summed E-state index contributed by atoms with van der Waals surface area (Å²) in [5, 5.41) is 0. The Bertz CT molecular complexity index is 538. The third kappa shape index (κ3) is 2.87. The molecular formula is C13H19N5. The fraction of sp³-hybridized carbons (Fsp3) is 0.385. The molecule has 96 valence electrons. The molecule has 5 nitrogen and oxygen atoms in total. The molecule has 5 heteroatoms. The van der Waals surface area contributed by atoms with Crippen LogP contribution in [0.15, 0.2) is 24.4 Å². The van der Waals surface area contributed by atoms with Gasteiger partial charge in [0.25, 0.3) is 0 Å². The monoisotopic (exact) mass is 245 g/mol.